The van der Waals surface area contributed by atoms with Crippen molar-refractivity contribution in [2.75, 3.05) is 6.61 Å². The van der Waals surface area contributed by atoms with Gasteiger partial charge in [-0.1, -0.05) is 51.7 Å². The molecule has 162 valence electrons. The Morgan fingerprint density at radius 1 is 0.833 bits per heavy atom. The fourth-order valence-corrected chi connectivity index (χ4v) is 4.35. The summed E-state index contributed by atoms with van der Waals surface area (Å²) in [5.41, 5.74) is 1.95. The van der Waals surface area contributed by atoms with Crippen LogP contribution in [0.5, 0.6) is 11.5 Å². The summed E-state index contributed by atoms with van der Waals surface area (Å²) in [5, 5.41) is 0. The van der Waals surface area contributed by atoms with Gasteiger partial charge in [-0.2, -0.15) is 0 Å². The van der Waals surface area contributed by atoms with Crippen LogP contribution in [0.3, 0.4) is 0 Å². The molecular weight excluding hydrogens is 372 g/mol. The summed E-state index contributed by atoms with van der Waals surface area (Å²) < 4.78 is 11.1. The second-order valence-corrected chi connectivity index (χ2v) is 8.54. The topological polar surface area (TPSA) is 35.5 Å². The van der Waals surface area contributed by atoms with Gasteiger partial charge in [0, 0.05) is 0 Å². The van der Waals surface area contributed by atoms with Crippen LogP contribution in [0.4, 0.5) is 0 Å². The lowest BCUT2D eigenvalue weighted by Gasteiger charge is -2.29. The monoisotopic (exact) mass is 408 g/mol. The zero-order chi connectivity index (χ0) is 21.2. The van der Waals surface area contributed by atoms with Crippen molar-refractivity contribution in [3.05, 3.63) is 59.7 Å². The lowest BCUT2D eigenvalue weighted by molar-refractivity contribution is 0.0734. The molecule has 0 radical (unpaired) electrons. The first kappa shape index (κ1) is 22.4. The lowest BCUT2D eigenvalue weighted by atomic mass is 9.77. The smallest absolute Gasteiger partial charge is 0.343 e. The largest absolute Gasteiger partial charge is 0.494 e. The summed E-state index contributed by atoms with van der Waals surface area (Å²) in [5.74, 6) is 2.56. The first-order valence-corrected chi connectivity index (χ1v) is 11.7. The maximum Gasteiger partial charge on any atom is 0.343 e. The fourth-order valence-electron chi connectivity index (χ4n) is 4.35. The number of carbonyl (C=O) groups is 1. The minimum atomic E-state index is -0.316. The number of esters is 1. The molecule has 30 heavy (non-hydrogen) atoms. The normalized spacial score (nSPS) is 18.7. The Kier molecular flexibility index (Phi) is 8.80. The van der Waals surface area contributed by atoms with Crippen LogP contribution in [0, 0.1) is 5.92 Å². The van der Waals surface area contributed by atoms with Crippen molar-refractivity contribution in [1.82, 2.24) is 0 Å². The van der Waals surface area contributed by atoms with E-state index in [9.17, 15) is 4.79 Å². The molecule has 0 amide bonds. The highest BCUT2D eigenvalue weighted by atomic mass is 16.5. The molecular formula is C27H36O3. The molecule has 2 aromatic carbocycles. The first-order valence-electron chi connectivity index (χ1n) is 11.7. The summed E-state index contributed by atoms with van der Waals surface area (Å²) in [6, 6.07) is 15.3. The Hall–Kier alpha value is -2.29. The Bertz CT molecular complexity index is 756. The fraction of sp³-hybridized carbons (Fsp3) is 0.519. The molecule has 3 nitrogen and oxygen atoms in total. The SMILES string of the molecule is CCCCC[C@H]1CC[C@H](c2ccc(C(=O)Oc3ccc(OCCC)cc3)cc2)CC1. The van der Waals surface area contributed by atoms with Gasteiger partial charge < -0.3 is 9.47 Å². The van der Waals surface area contributed by atoms with Crippen LogP contribution in [0.25, 0.3) is 0 Å². The van der Waals surface area contributed by atoms with E-state index in [1.54, 1.807) is 12.1 Å². The van der Waals surface area contributed by atoms with Crippen LogP contribution in [-0.2, 0) is 0 Å². The highest BCUT2D eigenvalue weighted by Gasteiger charge is 2.22. The van der Waals surface area contributed by atoms with E-state index in [4.69, 9.17) is 9.47 Å². The standard InChI is InChI=1S/C27H36O3/c1-3-5-6-7-21-8-10-22(11-9-21)23-12-14-24(15-13-23)27(28)30-26-18-16-25(17-19-26)29-20-4-2/h12-19,21-22H,3-11,20H2,1-2H3/t21-,22-. The molecule has 1 aliphatic rings. The first-order chi connectivity index (χ1) is 14.7. The third-order valence-corrected chi connectivity index (χ3v) is 6.19. The molecule has 0 aromatic heterocycles. The van der Waals surface area contributed by atoms with Crippen molar-refractivity contribution in [3.63, 3.8) is 0 Å². The van der Waals surface area contributed by atoms with Crippen molar-refractivity contribution < 1.29 is 14.3 Å². The van der Waals surface area contributed by atoms with Gasteiger partial charge in [-0.3, -0.25) is 0 Å². The van der Waals surface area contributed by atoms with Crippen molar-refractivity contribution in [2.24, 2.45) is 5.92 Å². The number of ether oxygens (including phenoxy) is 2. The van der Waals surface area contributed by atoms with E-state index in [1.807, 2.05) is 24.3 Å². The lowest BCUT2D eigenvalue weighted by Crippen LogP contribution is -2.14. The minimum Gasteiger partial charge on any atom is -0.494 e. The molecule has 0 atom stereocenters. The van der Waals surface area contributed by atoms with Crippen LogP contribution in [0.1, 0.15) is 93.5 Å². The molecule has 0 spiro atoms. The summed E-state index contributed by atoms with van der Waals surface area (Å²) in [4.78, 5) is 12.5. The minimum absolute atomic E-state index is 0.316. The molecule has 0 heterocycles. The van der Waals surface area contributed by atoms with E-state index in [0.29, 0.717) is 23.8 Å². The quantitative estimate of drug-likeness (QED) is 0.231. The number of hydrogen-bond donors (Lipinski definition) is 0. The number of rotatable bonds is 10. The third kappa shape index (κ3) is 6.62. The molecule has 0 bridgehead atoms. The van der Waals surface area contributed by atoms with Gasteiger partial charge in [-0.05, 0) is 85.9 Å². The Morgan fingerprint density at radius 2 is 1.50 bits per heavy atom. The maximum atomic E-state index is 12.5. The number of benzene rings is 2. The van der Waals surface area contributed by atoms with Crippen LogP contribution in [-0.4, -0.2) is 12.6 Å². The van der Waals surface area contributed by atoms with Crippen LogP contribution in [0.15, 0.2) is 48.5 Å². The molecule has 3 rings (SSSR count). The molecule has 3 heteroatoms. The average Bonchev–Trinajstić information content (AvgIpc) is 2.79. The van der Waals surface area contributed by atoms with Crippen molar-refractivity contribution in [1.29, 1.82) is 0 Å². The van der Waals surface area contributed by atoms with Gasteiger partial charge in [0.15, 0.2) is 0 Å². The second-order valence-electron chi connectivity index (χ2n) is 8.54. The molecule has 0 unspecified atom stereocenters. The molecule has 0 aliphatic heterocycles. The Morgan fingerprint density at radius 3 is 2.13 bits per heavy atom. The van der Waals surface area contributed by atoms with E-state index in [2.05, 4.69) is 26.0 Å². The van der Waals surface area contributed by atoms with Crippen molar-refractivity contribution in [3.8, 4) is 11.5 Å². The molecule has 1 fully saturated rings. The van der Waals surface area contributed by atoms with Gasteiger partial charge in [0.25, 0.3) is 0 Å². The van der Waals surface area contributed by atoms with Crippen LogP contribution in [0.2, 0.25) is 0 Å². The molecule has 2 aromatic rings. The van der Waals surface area contributed by atoms with E-state index in [1.165, 1.54) is 56.9 Å². The zero-order valence-electron chi connectivity index (χ0n) is 18.6. The predicted octanol–water partition coefficient (Wildman–Crippen LogP) is 7.55. The Labute approximate surface area is 181 Å². The average molecular weight is 409 g/mol. The highest BCUT2D eigenvalue weighted by Crippen LogP contribution is 2.37. The summed E-state index contributed by atoms with van der Waals surface area (Å²) in [6.07, 6.45) is 11.7. The molecule has 0 N–H and O–H groups in total. The third-order valence-electron chi connectivity index (χ3n) is 6.19. The van der Waals surface area contributed by atoms with Crippen molar-refractivity contribution in [2.45, 2.75) is 77.6 Å². The van der Waals surface area contributed by atoms with Gasteiger partial charge in [0.2, 0.25) is 0 Å². The van der Waals surface area contributed by atoms with E-state index >= 15 is 0 Å². The predicted molar refractivity (Wildman–Crippen MR) is 122 cm³/mol. The van der Waals surface area contributed by atoms with E-state index in [0.717, 1.165) is 18.1 Å². The Balaban J connectivity index is 1.48. The van der Waals surface area contributed by atoms with Crippen LogP contribution < -0.4 is 9.47 Å². The van der Waals surface area contributed by atoms with Gasteiger partial charge >= 0.3 is 5.97 Å². The second kappa shape index (κ2) is 11.8. The van der Waals surface area contributed by atoms with E-state index < -0.39 is 0 Å². The van der Waals surface area contributed by atoms with Crippen LogP contribution >= 0.6 is 0 Å². The highest BCUT2D eigenvalue weighted by molar-refractivity contribution is 5.91. The van der Waals surface area contributed by atoms with Gasteiger partial charge in [-0.25, -0.2) is 4.79 Å². The summed E-state index contributed by atoms with van der Waals surface area (Å²) >= 11 is 0. The molecule has 0 saturated heterocycles. The maximum absolute atomic E-state index is 12.5. The van der Waals surface area contributed by atoms with Gasteiger partial charge in [-0.15, -0.1) is 0 Å². The number of unbranched alkanes of at least 4 members (excludes halogenated alkanes) is 2. The number of hydrogen-bond acceptors (Lipinski definition) is 3. The summed E-state index contributed by atoms with van der Waals surface area (Å²) in [7, 11) is 0. The van der Waals surface area contributed by atoms with Gasteiger partial charge in [0.05, 0.1) is 12.2 Å². The number of carbonyl (C=O) groups excluding carboxylic acids is 1. The van der Waals surface area contributed by atoms with Crippen molar-refractivity contribution >= 4 is 5.97 Å². The van der Waals surface area contributed by atoms with Gasteiger partial charge in [0.1, 0.15) is 11.5 Å². The summed E-state index contributed by atoms with van der Waals surface area (Å²) in [6.45, 7) is 5.03. The molecule has 1 aliphatic carbocycles. The van der Waals surface area contributed by atoms with E-state index in [-0.39, 0.29) is 5.97 Å². The molecule has 1 saturated carbocycles. The zero-order valence-corrected chi connectivity index (χ0v) is 18.6.